The molecule has 3 rings (SSSR count). The number of pyridine rings is 1. The summed E-state index contributed by atoms with van der Waals surface area (Å²) in [6.45, 7) is 2.29. The Morgan fingerprint density at radius 2 is 1.96 bits per heavy atom. The van der Waals surface area contributed by atoms with Crippen LogP contribution in [0.25, 0.3) is 0 Å². The van der Waals surface area contributed by atoms with Crippen LogP contribution in [0.5, 0.6) is 0 Å². The number of para-hydroxylation sites is 1. The average molecular weight is 390 g/mol. The van der Waals surface area contributed by atoms with Crippen LogP contribution < -0.4 is 10.2 Å². The van der Waals surface area contributed by atoms with E-state index in [0.717, 1.165) is 43.6 Å². The minimum absolute atomic E-state index is 0.180. The minimum Gasteiger partial charge on any atom is -0.375 e. The lowest BCUT2D eigenvalue weighted by atomic mass is 10.1. The van der Waals surface area contributed by atoms with Crippen molar-refractivity contribution in [1.82, 2.24) is 4.98 Å². The fourth-order valence-electron chi connectivity index (χ4n) is 3.22. The number of nitrogens with one attached hydrogen (secondary N) is 1. The monoisotopic (exact) mass is 390 g/mol. The predicted molar refractivity (Wildman–Crippen MR) is 104 cm³/mol. The molecule has 1 fully saturated rings. The summed E-state index contributed by atoms with van der Waals surface area (Å²) in [7, 11) is -3.70. The number of hydrogen-bond acceptors (Lipinski definition) is 7. The molecule has 0 atom stereocenters. The maximum atomic E-state index is 11.9. The Kier molecular flexibility index (Phi) is 5.59. The third-order valence-electron chi connectivity index (χ3n) is 4.55. The summed E-state index contributed by atoms with van der Waals surface area (Å²) in [6.07, 6.45) is 6.22. The molecule has 1 aromatic heterocycles. The standard InChI is InChI=1S/C18H22N4O4S/c1-27(25,26)16-7-5-6-15(18(16)22(23)24)20-13-14-8-9-19-17(12-14)21-10-3-2-4-11-21/h5-9,12,20H,2-4,10-11,13H2,1H3. The number of nitrogens with zero attached hydrogens (tertiary/aromatic N) is 3. The van der Waals surface area contributed by atoms with E-state index in [0.29, 0.717) is 6.54 Å². The van der Waals surface area contributed by atoms with Gasteiger partial charge in [0, 0.05) is 32.1 Å². The van der Waals surface area contributed by atoms with Crippen LogP contribution >= 0.6 is 0 Å². The fourth-order valence-corrected chi connectivity index (χ4v) is 4.08. The van der Waals surface area contributed by atoms with Gasteiger partial charge in [-0.15, -0.1) is 0 Å². The van der Waals surface area contributed by atoms with Crippen LogP contribution in [-0.2, 0) is 16.4 Å². The number of nitro benzene ring substituents is 1. The van der Waals surface area contributed by atoms with Gasteiger partial charge < -0.3 is 10.2 Å². The molecule has 0 radical (unpaired) electrons. The highest BCUT2D eigenvalue weighted by molar-refractivity contribution is 7.90. The molecule has 1 N–H and O–H groups in total. The molecule has 1 aromatic carbocycles. The number of hydrogen-bond donors (Lipinski definition) is 1. The number of sulfone groups is 1. The Balaban J connectivity index is 1.82. The summed E-state index contributed by atoms with van der Waals surface area (Å²) in [5, 5.41) is 14.4. The van der Waals surface area contributed by atoms with Crippen LogP contribution in [0.3, 0.4) is 0 Å². The smallest absolute Gasteiger partial charge is 0.310 e. The first-order valence-corrected chi connectivity index (χ1v) is 10.7. The highest BCUT2D eigenvalue weighted by Crippen LogP contribution is 2.32. The van der Waals surface area contributed by atoms with Gasteiger partial charge in [0.2, 0.25) is 0 Å². The number of benzene rings is 1. The topological polar surface area (TPSA) is 105 Å². The Bertz CT molecular complexity index is 940. The van der Waals surface area contributed by atoms with Gasteiger partial charge in [-0.1, -0.05) is 6.07 Å². The molecule has 0 amide bonds. The van der Waals surface area contributed by atoms with E-state index < -0.39 is 20.4 Å². The Morgan fingerprint density at radius 3 is 2.63 bits per heavy atom. The van der Waals surface area contributed by atoms with E-state index in [9.17, 15) is 18.5 Å². The quantitative estimate of drug-likeness (QED) is 0.597. The van der Waals surface area contributed by atoms with Crippen molar-refractivity contribution in [2.24, 2.45) is 0 Å². The average Bonchev–Trinajstić information content (AvgIpc) is 2.66. The Labute approximate surface area is 158 Å². The molecule has 2 heterocycles. The van der Waals surface area contributed by atoms with E-state index in [-0.39, 0.29) is 10.6 Å². The summed E-state index contributed by atoms with van der Waals surface area (Å²) in [5.74, 6) is 0.897. The molecular weight excluding hydrogens is 368 g/mol. The summed E-state index contributed by atoms with van der Waals surface area (Å²) >= 11 is 0. The van der Waals surface area contributed by atoms with Gasteiger partial charge >= 0.3 is 5.69 Å². The second kappa shape index (κ2) is 7.91. The lowest BCUT2D eigenvalue weighted by Gasteiger charge is -2.28. The van der Waals surface area contributed by atoms with E-state index >= 15 is 0 Å². The first-order valence-electron chi connectivity index (χ1n) is 8.77. The van der Waals surface area contributed by atoms with E-state index in [2.05, 4.69) is 15.2 Å². The molecule has 0 bridgehead atoms. The lowest BCUT2D eigenvalue weighted by molar-refractivity contribution is -0.386. The highest BCUT2D eigenvalue weighted by atomic mass is 32.2. The van der Waals surface area contributed by atoms with Crippen molar-refractivity contribution in [3.05, 3.63) is 52.2 Å². The highest BCUT2D eigenvalue weighted by Gasteiger charge is 2.26. The summed E-state index contributed by atoms with van der Waals surface area (Å²) < 4.78 is 23.7. The molecule has 0 unspecified atom stereocenters. The van der Waals surface area contributed by atoms with Crippen molar-refractivity contribution in [3.8, 4) is 0 Å². The predicted octanol–water partition coefficient (Wildman–Crippen LogP) is 3.00. The normalized spacial score (nSPS) is 14.8. The van der Waals surface area contributed by atoms with Crippen molar-refractivity contribution < 1.29 is 13.3 Å². The molecular formula is C18H22N4O4S. The van der Waals surface area contributed by atoms with Gasteiger partial charge in [-0.2, -0.15) is 0 Å². The Hall–Kier alpha value is -2.68. The molecule has 0 saturated carbocycles. The van der Waals surface area contributed by atoms with Crippen molar-refractivity contribution in [1.29, 1.82) is 0 Å². The maximum absolute atomic E-state index is 11.9. The number of nitro groups is 1. The van der Waals surface area contributed by atoms with E-state index in [1.54, 1.807) is 6.20 Å². The number of piperidine rings is 1. The summed E-state index contributed by atoms with van der Waals surface area (Å²) in [5.41, 5.74) is 0.675. The van der Waals surface area contributed by atoms with E-state index in [1.807, 2.05) is 12.1 Å². The number of aromatic nitrogens is 1. The lowest BCUT2D eigenvalue weighted by Crippen LogP contribution is -2.30. The third-order valence-corrected chi connectivity index (χ3v) is 5.68. The van der Waals surface area contributed by atoms with E-state index in [1.165, 1.54) is 24.6 Å². The van der Waals surface area contributed by atoms with Crippen molar-refractivity contribution in [2.75, 3.05) is 29.6 Å². The van der Waals surface area contributed by atoms with Crippen molar-refractivity contribution in [2.45, 2.75) is 30.7 Å². The van der Waals surface area contributed by atoms with Crippen LogP contribution in [0, 0.1) is 10.1 Å². The molecule has 2 aromatic rings. The first-order chi connectivity index (χ1) is 12.9. The molecule has 1 aliphatic heterocycles. The molecule has 27 heavy (non-hydrogen) atoms. The van der Waals surface area contributed by atoms with Gasteiger partial charge in [-0.3, -0.25) is 10.1 Å². The molecule has 8 nitrogen and oxygen atoms in total. The summed E-state index contributed by atoms with van der Waals surface area (Å²) in [4.78, 5) is 17.1. The van der Waals surface area contributed by atoms with Crippen LogP contribution in [0.1, 0.15) is 24.8 Å². The maximum Gasteiger partial charge on any atom is 0.310 e. The number of rotatable bonds is 6. The van der Waals surface area contributed by atoms with Crippen molar-refractivity contribution in [3.63, 3.8) is 0 Å². The Morgan fingerprint density at radius 1 is 1.22 bits per heavy atom. The van der Waals surface area contributed by atoms with Gasteiger partial charge in [0.05, 0.1) is 4.92 Å². The zero-order chi connectivity index (χ0) is 19.4. The first kappa shape index (κ1) is 19.1. The molecule has 0 aliphatic carbocycles. The van der Waals surface area contributed by atoms with Gasteiger partial charge in [0.1, 0.15) is 16.4 Å². The fraction of sp³-hybridized carbons (Fsp3) is 0.389. The second-order valence-electron chi connectivity index (χ2n) is 6.61. The minimum atomic E-state index is -3.70. The van der Waals surface area contributed by atoms with E-state index in [4.69, 9.17) is 0 Å². The van der Waals surface area contributed by atoms with Crippen LogP contribution in [0.2, 0.25) is 0 Å². The molecule has 1 aliphatic rings. The van der Waals surface area contributed by atoms with Gasteiger partial charge in [-0.05, 0) is 49.1 Å². The van der Waals surface area contributed by atoms with Gasteiger partial charge in [0.15, 0.2) is 9.84 Å². The summed E-state index contributed by atoms with van der Waals surface area (Å²) in [6, 6.07) is 8.06. The molecule has 9 heteroatoms. The van der Waals surface area contributed by atoms with Crippen LogP contribution in [0.15, 0.2) is 41.4 Å². The van der Waals surface area contributed by atoms with Gasteiger partial charge in [-0.25, -0.2) is 13.4 Å². The molecule has 144 valence electrons. The van der Waals surface area contributed by atoms with Crippen LogP contribution in [0.4, 0.5) is 17.2 Å². The molecule has 1 saturated heterocycles. The molecule has 0 spiro atoms. The van der Waals surface area contributed by atoms with Crippen molar-refractivity contribution >= 4 is 27.0 Å². The second-order valence-corrected chi connectivity index (χ2v) is 8.59. The van der Waals surface area contributed by atoms with Gasteiger partial charge in [0.25, 0.3) is 0 Å². The third kappa shape index (κ3) is 4.54. The SMILES string of the molecule is CS(=O)(=O)c1cccc(NCc2ccnc(N3CCCCC3)c2)c1[N+](=O)[O-]. The zero-order valence-electron chi connectivity index (χ0n) is 15.1. The zero-order valence-corrected chi connectivity index (χ0v) is 15.9. The number of anilines is 2. The van der Waals surface area contributed by atoms with Crippen LogP contribution in [-0.4, -0.2) is 37.7 Å². The largest absolute Gasteiger partial charge is 0.375 e.